The summed E-state index contributed by atoms with van der Waals surface area (Å²) in [4.78, 5) is 30.8. The first-order chi connectivity index (χ1) is 15.9. The zero-order valence-electron chi connectivity index (χ0n) is 18.4. The number of guanidine groups is 1. The Morgan fingerprint density at radius 3 is 2.47 bits per heavy atom. The molecule has 0 saturated carbocycles. The van der Waals surface area contributed by atoms with Gasteiger partial charge in [0, 0.05) is 19.6 Å². The summed E-state index contributed by atoms with van der Waals surface area (Å²) >= 11 is 0. The van der Waals surface area contributed by atoms with Crippen molar-refractivity contribution in [1.82, 2.24) is 14.9 Å². The molecule has 0 spiro atoms. The number of nitrogens with two attached hydrogens (primary N) is 2. The Bertz CT molecular complexity index is 968. The predicted molar refractivity (Wildman–Crippen MR) is 120 cm³/mol. The van der Waals surface area contributed by atoms with Gasteiger partial charge in [0.2, 0.25) is 11.8 Å². The molecule has 10 nitrogen and oxygen atoms in total. The Balaban J connectivity index is 2.09. The van der Waals surface area contributed by atoms with E-state index >= 15 is 0 Å². The van der Waals surface area contributed by atoms with Crippen molar-refractivity contribution in [3.05, 3.63) is 35.9 Å². The number of aliphatic imine (C=N–C) groups is 1. The normalized spacial score (nSPS) is 17.3. The number of sulfonamides is 1. The van der Waals surface area contributed by atoms with E-state index in [-0.39, 0.29) is 18.9 Å². The van der Waals surface area contributed by atoms with Gasteiger partial charge in [-0.15, -0.1) is 0 Å². The van der Waals surface area contributed by atoms with Crippen molar-refractivity contribution < 1.29 is 31.2 Å². The molecule has 1 aromatic carbocycles. The molecule has 1 aliphatic rings. The van der Waals surface area contributed by atoms with Gasteiger partial charge < -0.3 is 21.7 Å². The summed E-state index contributed by atoms with van der Waals surface area (Å²) in [6.07, 6.45) is 1.66. The Kier molecular flexibility index (Phi) is 9.67. The molecule has 6 N–H and O–H groups in total. The van der Waals surface area contributed by atoms with Crippen molar-refractivity contribution in [2.45, 2.75) is 49.7 Å². The van der Waals surface area contributed by atoms with Gasteiger partial charge in [-0.2, -0.15) is 17.9 Å². The number of alkyl halides is 3. The lowest BCUT2D eigenvalue weighted by Gasteiger charge is -2.29. The first-order valence-corrected chi connectivity index (χ1v) is 12.2. The number of nitrogens with one attached hydrogen (secondary N) is 2. The van der Waals surface area contributed by atoms with E-state index in [4.69, 9.17) is 11.5 Å². The number of nitrogens with zero attached hydrogens (tertiary/aromatic N) is 2. The van der Waals surface area contributed by atoms with Crippen LogP contribution in [-0.4, -0.2) is 68.3 Å². The lowest BCUT2D eigenvalue weighted by atomic mass is 10.1. The van der Waals surface area contributed by atoms with Crippen LogP contribution in [0.25, 0.3) is 0 Å². The summed E-state index contributed by atoms with van der Waals surface area (Å²) in [6, 6.07) is 5.43. The molecule has 190 valence electrons. The van der Waals surface area contributed by atoms with E-state index in [0.29, 0.717) is 44.3 Å². The molecule has 14 heteroatoms. The highest BCUT2D eigenvalue weighted by molar-refractivity contribution is 7.90. The molecule has 0 aromatic heterocycles. The highest BCUT2D eigenvalue weighted by atomic mass is 32.2. The van der Waals surface area contributed by atoms with Gasteiger partial charge in [-0.25, -0.2) is 8.42 Å². The monoisotopic (exact) mass is 506 g/mol. The summed E-state index contributed by atoms with van der Waals surface area (Å²) < 4.78 is 63.9. The Hall–Kier alpha value is -2.87. The maximum absolute atomic E-state index is 13.2. The van der Waals surface area contributed by atoms with Crippen LogP contribution in [0.1, 0.15) is 31.2 Å². The number of hydrogen-bond donors (Lipinski definition) is 4. The molecular formula is C20H29F3N6O4S. The molecule has 0 bridgehead atoms. The third kappa shape index (κ3) is 7.87. The third-order valence-corrected chi connectivity index (χ3v) is 6.40. The number of likely N-dealkylation sites (tertiary alicyclic amines) is 1. The third-order valence-electron chi connectivity index (χ3n) is 5.20. The summed E-state index contributed by atoms with van der Waals surface area (Å²) in [5.41, 5.74) is 5.35. The molecule has 2 amide bonds. The Morgan fingerprint density at radius 2 is 1.85 bits per heavy atom. The molecule has 1 aromatic rings. The zero-order valence-corrected chi connectivity index (χ0v) is 19.2. The molecule has 2 atom stereocenters. The second kappa shape index (κ2) is 12.0. The van der Waals surface area contributed by atoms with Crippen LogP contribution in [0, 0.1) is 0 Å². The smallest absolute Gasteiger partial charge is 0.370 e. The fraction of sp³-hybridized carbons (Fsp3) is 0.550. The summed E-state index contributed by atoms with van der Waals surface area (Å²) in [6.45, 7) is 0.818. The van der Waals surface area contributed by atoms with Crippen LogP contribution in [0.5, 0.6) is 0 Å². The number of carbonyl (C=O) groups excluding carboxylic acids is 2. The molecule has 1 aliphatic heterocycles. The number of benzene rings is 1. The standard InChI is InChI=1S/C20H29F3N6O4S/c21-20(22,23)34(32,33)28-15(13-14-7-2-1-3-8-14)18(31)29-12-6-9-16(29)17(30)26-10-4-5-11-27-19(24)25/h1-3,7-8,15-16,28H,4-6,9-13H2,(H,26,30)(H4,24,25,27)/t15-,16+/m1/s1. The van der Waals surface area contributed by atoms with Crippen LogP contribution in [0.3, 0.4) is 0 Å². The minimum absolute atomic E-state index is 0.0321. The molecule has 2 rings (SSSR count). The maximum Gasteiger partial charge on any atom is 0.511 e. The van der Waals surface area contributed by atoms with Crippen molar-refractivity contribution in [1.29, 1.82) is 0 Å². The quantitative estimate of drug-likeness (QED) is 0.191. The highest BCUT2D eigenvalue weighted by Gasteiger charge is 2.48. The number of hydrogen-bond acceptors (Lipinski definition) is 5. The van der Waals surface area contributed by atoms with E-state index in [9.17, 15) is 31.2 Å². The number of rotatable bonds is 11. The lowest BCUT2D eigenvalue weighted by molar-refractivity contribution is -0.139. The summed E-state index contributed by atoms with van der Waals surface area (Å²) in [7, 11) is -5.79. The molecule has 1 fully saturated rings. The van der Waals surface area contributed by atoms with Gasteiger partial charge in [-0.1, -0.05) is 30.3 Å². The van der Waals surface area contributed by atoms with Gasteiger partial charge in [-0.3, -0.25) is 14.6 Å². The molecule has 0 unspecified atom stereocenters. The molecule has 0 aliphatic carbocycles. The zero-order chi connectivity index (χ0) is 25.4. The number of unbranched alkanes of at least 4 members (excludes halogenated alkanes) is 1. The van der Waals surface area contributed by atoms with Crippen LogP contribution in [0.2, 0.25) is 0 Å². The van der Waals surface area contributed by atoms with Gasteiger partial charge in [-0.05, 0) is 37.7 Å². The Morgan fingerprint density at radius 1 is 1.18 bits per heavy atom. The first-order valence-electron chi connectivity index (χ1n) is 10.7. The molecular weight excluding hydrogens is 477 g/mol. The lowest BCUT2D eigenvalue weighted by Crippen LogP contribution is -2.55. The maximum atomic E-state index is 13.2. The number of amides is 2. The topological polar surface area (TPSA) is 160 Å². The number of halogens is 3. The van der Waals surface area contributed by atoms with E-state index in [1.54, 1.807) is 30.3 Å². The van der Waals surface area contributed by atoms with Crippen LogP contribution in [0.4, 0.5) is 13.2 Å². The van der Waals surface area contributed by atoms with Crippen LogP contribution >= 0.6 is 0 Å². The first kappa shape index (κ1) is 27.4. The predicted octanol–water partition coefficient (Wildman–Crippen LogP) is 0.198. The van der Waals surface area contributed by atoms with Gasteiger partial charge in [0.15, 0.2) is 5.96 Å². The van der Waals surface area contributed by atoms with Crippen molar-refractivity contribution in [3.8, 4) is 0 Å². The van der Waals surface area contributed by atoms with E-state index < -0.39 is 39.4 Å². The van der Waals surface area contributed by atoms with Crippen molar-refractivity contribution in [2.24, 2.45) is 16.5 Å². The van der Waals surface area contributed by atoms with E-state index in [1.165, 1.54) is 4.72 Å². The minimum Gasteiger partial charge on any atom is -0.370 e. The summed E-state index contributed by atoms with van der Waals surface area (Å²) in [5.74, 6) is -1.37. The van der Waals surface area contributed by atoms with E-state index in [2.05, 4.69) is 10.3 Å². The van der Waals surface area contributed by atoms with Crippen LogP contribution in [0.15, 0.2) is 35.3 Å². The second-order valence-corrected chi connectivity index (χ2v) is 9.51. The van der Waals surface area contributed by atoms with Gasteiger partial charge in [0.25, 0.3) is 0 Å². The second-order valence-electron chi connectivity index (χ2n) is 7.80. The molecule has 1 saturated heterocycles. The van der Waals surface area contributed by atoms with Gasteiger partial charge >= 0.3 is 15.5 Å². The Labute approximate surface area is 196 Å². The largest absolute Gasteiger partial charge is 0.511 e. The molecule has 0 radical (unpaired) electrons. The van der Waals surface area contributed by atoms with Crippen LogP contribution < -0.4 is 21.5 Å². The van der Waals surface area contributed by atoms with Gasteiger partial charge in [0.1, 0.15) is 12.1 Å². The van der Waals surface area contributed by atoms with Crippen molar-refractivity contribution in [3.63, 3.8) is 0 Å². The number of carbonyl (C=O) groups is 2. The SMILES string of the molecule is NC(N)=NCCCCNC(=O)[C@@H]1CCCN1C(=O)[C@@H](Cc1ccccc1)NS(=O)(=O)C(F)(F)F. The van der Waals surface area contributed by atoms with Crippen LogP contribution in [-0.2, 0) is 26.0 Å². The summed E-state index contributed by atoms with van der Waals surface area (Å²) in [5, 5.41) is 2.70. The fourth-order valence-corrected chi connectivity index (χ4v) is 4.25. The van der Waals surface area contributed by atoms with E-state index in [1.807, 2.05) is 0 Å². The molecule has 1 heterocycles. The highest BCUT2D eigenvalue weighted by Crippen LogP contribution is 2.24. The van der Waals surface area contributed by atoms with Gasteiger partial charge in [0.05, 0.1) is 0 Å². The fourth-order valence-electron chi connectivity index (χ4n) is 3.56. The average molecular weight is 507 g/mol. The average Bonchev–Trinajstić information content (AvgIpc) is 3.24. The minimum atomic E-state index is -5.79. The van der Waals surface area contributed by atoms with E-state index in [0.717, 1.165) is 4.90 Å². The van der Waals surface area contributed by atoms with Crippen molar-refractivity contribution >= 4 is 27.8 Å². The van der Waals surface area contributed by atoms with Crippen molar-refractivity contribution in [2.75, 3.05) is 19.6 Å². The molecule has 34 heavy (non-hydrogen) atoms.